The number of nitrogens with zero attached hydrogens (tertiary/aromatic N) is 3. The minimum atomic E-state index is 0.917. The lowest BCUT2D eigenvalue weighted by Crippen LogP contribution is -2.35. The zero-order valence-electron chi connectivity index (χ0n) is 13.3. The summed E-state index contributed by atoms with van der Waals surface area (Å²) in [6.07, 6.45) is 9.24. The van der Waals surface area contributed by atoms with Gasteiger partial charge in [0.25, 0.3) is 0 Å². The van der Waals surface area contributed by atoms with Crippen molar-refractivity contribution in [1.29, 1.82) is 0 Å². The van der Waals surface area contributed by atoms with E-state index >= 15 is 0 Å². The molecule has 1 saturated carbocycles. The van der Waals surface area contributed by atoms with E-state index in [0.29, 0.717) is 0 Å². The van der Waals surface area contributed by atoms with Gasteiger partial charge in [-0.25, -0.2) is 4.98 Å². The third-order valence-electron chi connectivity index (χ3n) is 4.15. The molecular weight excluding hydrogens is 266 g/mol. The van der Waals surface area contributed by atoms with E-state index in [2.05, 4.69) is 42.0 Å². The minimum Gasteiger partial charge on any atom is -0.308 e. The Balaban J connectivity index is 1.88. The molecule has 0 amide bonds. The van der Waals surface area contributed by atoms with Crippen molar-refractivity contribution >= 4 is 11.3 Å². The van der Waals surface area contributed by atoms with Gasteiger partial charge in [-0.15, -0.1) is 11.3 Å². The van der Waals surface area contributed by atoms with E-state index in [-0.39, 0.29) is 0 Å². The molecule has 1 fully saturated rings. The highest BCUT2D eigenvalue weighted by Crippen LogP contribution is 2.25. The lowest BCUT2D eigenvalue weighted by atomic mass is 9.89. The van der Waals surface area contributed by atoms with Gasteiger partial charge in [0.15, 0.2) is 0 Å². The van der Waals surface area contributed by atoms with Crippen LogP contribution in [0.25, 0.3) is 0 Å². The van der Waals surface area contributed by atoms with Crippen LogP contribution in [0.5, 0.6) is 0 Å². The molecule has 1 aromatic heterocycles. The molecule has 1 heterocycles. The smallest absolute Gasteiger partial charge is 0.0897 e. The average molecular weight is 295 g/mol. The first kappa shape index (κ1) is 15.9. The van der Waals surface area contributed by atoms with Crippen LogP contribution in [-0.4, -0.2) is 48.5 Å². The fourth-order valence-electron chi connectivity index (χ4n) is 3.01. The lowest BCUT2D eigenvalue weighted by molar-refractivity contribution is 0.180. The first-order valence-electron chi connectivity index (χ1n) is 7.92. The minimum absolute atomic E-state index is 0.917. The Morgan fingerprint density at radius 2 is 1.95 bits per heavy atom. The Hall–Kier alpha value is -0.450. The molecule has 4 heteroatoms. The number of aromatic nitrogens is 1. The van der Waals surface area contributed by atoms with Crippen molar-refractivity contribution in [2.45, 2.75) is 45.6 Å². The molecule has 1 aliphatic carbocycles. The number of hydrogen-bond acceptors (Lipinski definition) is 4. The van der Waals surface area contributed by atoms with E-state index in [4.69, 9.17) is 0 Å². The van der Waals surface area contributed by atoms with Gasteiger partial charge in [-0.2, -0.15) is 0 Å². The topological polar surface area (TPSA) is 19.4 Å². The van der Waals surface area contributed by atoms with E-state index in [1.165, 1.54) is 55.1 Å². The van der Waals surface area contributed by atoms with Gasteiger partial charge in [0.1, 0.15) is 0 Å². The summed E-state index contributed by atoms with van der Waals surface area (Å²) in [4.78, 5) is 10.7. The number of aryl methyl sites for hydroxylation is 1. The van der Waals surface area contributed by atoms with Crippen LogP contribution in [0.3, 0.4) is 0 Å². The molecule has 114 valence electrons. The van der Waals surface area contributed by atoms with Crippen molar-refractivity contribution < 1.29 is 0 Å². The summed E-state index contributed by atoms with van der Waals surface area (Å²) in [6.45, 7) is 6.76. The quantitative estimate of drug-likeness (QED) is 0.768. The maximum atomic E-state index is 4.39. The van der Waals surface area contributed by atoms with Crippen LogP contribution in [0, 0.1) is 12.8 Å². The number of likely N-dealkylation sites (N-methyl/N-ethyl adjacent to an activating group) is 1. The lowest BCUT2D eigenvalue weighted by Gasteiger charge is -2.30. The number of rotatable bonds is 7. The fourth-order valence-corrected chi connectivity index (χ4v) is 3.85. The normalized spacial score (nSPS) is 17.2. The van der Waals surface area contributed by atoms with E-state index in [1.807, 2.05) is 11.3 Å². The van der Waals surface area contributed by atoms with Gasteiger partial charge in [0, 0.05) is 37.3 Å². The monoisotopic (exact) mass is 295 g/mol. The average Bonchev–Trinajstić information content (AvgIpc) is 2.82. The van der Waals surface area contributed by atoms with Crippen LogP contribution in [0.4, 0.5) is 0 Å². The molecule has 3 nitrogen and oxygen atoms in total. The number of thiazole rings is 1. The molecule has 2 rings (SSSR count). The van der Waals surface area contributed by atoms with Crippen LogP contribution < -0.4 is 0 Å². The van der Waals surface area contributed by atoms with Crippen LogP contribution >= 0.6 is 11.3 Å². The van der Waals surface area contributed by atoms with Gasteiger partial charge in [-0.3, -0.25) is 4.90 Å². The third-order valence-corrected chi connectivity index (χ3v) is 5.05. The molecule has 20 heavy (non-hydrogen) atoms. The van der Waals surface area contributed by atoms with E-state index in [1.54, 1.807) is 0 Å². The zero-order chi connectivity index (χ0) is 14.4. The zero-order valence-corrected chi connectivity index (χ0v) is 14.1. The number of hydrogen-bond donors (Lipinski definition) is 0. The molecule has 0 bridgehead atoms. The van der Waals surface area contributed by atoms with Gasteiger partial charge in [0.2, 0.25) is 0 Å². The second-order valence-corrected chi connectivity index (χ2v) is 7.71. The Morgan fingerprint density at radius 1 is 1.20 bits per heavy atom. The predicted octanol–water partition coefficient (Wildman–Crippen LogP) is 3.40. The third kappa shape index (κ3) is 5.51. The summed E-state index contributed by atoms with van der Waals surface area (Å²) >= 11 is 1.85. The van der Waals surface area contributed by atoms with E-state index in [9.17, 15) is 0 Å². The molecule has 0 aliphatic heterocycles. The first-order chi connectivity index (χ1) is 9.63. The summed E-state index contributed by atoms with van der Waals surface area (Å²) in [5, 5.41) is 1.19. The van der Waals surface area contributed by atoms with E-state index in [0.717, 1.165) is 19.0 Å². The Morgan fingerprint density at radius 3 is 2.55 bits per heavy atom. The molecule has 0 N–H and O–H groups in total. The molecule has 1 aliphatic rings. The molecule has 0 spiro atoms. The van der Waals surface area contributed by atoms with Crippen LogP contribution in [-0.2, 0) is 6.54 Å². The molecular formula is C16H29N3S. The van der Waals surface area contributed by atoms with Gasteiger partial charge in [0.05, 0.1) is 5.01 Å². The maximum Gasteiger partial charge on any atom is 0.0897 e. The van der Waals surface area contributed by atoms with Gasteiger partial charge in [-0.1, -0.05) is 19.3 Å². The highest BCUT2D eigenvalue weighted by atomic mass is 32.1. The summed E-state index contributed by atoms with van der Waals surface area (Å²) in [7, 11) is 4.32. The molecule has 0 unspecified atom stereocenters. The van der Waals surface area contributed by atoms with Gasteiger partial charge >= 0.3 is 0 Å². The van der Waals surface area contributed by atoms with Crippen LogP contribution in [0.1, 0.15) is 42.0 Å². The maximum absolute atomic E-state index is 4.39. The van der Waals surface area contributed by atoms with Gasteiger partial charge in [-0.05, 0) is 39.8 Å². The summed E-state index contributed by atoms with van der Waals surface area (Å²) in [5.74, 6) is 0.917. The second kappa shape index (κ2) is 8.11. The summed E-state index contributed by atoms with van der Waals surface area (Å²) in [5.41, 5.74) is 0. The standard InChI is InChI=1S/C16H29N3S/c1-14-17-11-16(20-14)13-19(10-9-18(2)3)12-15-7-5-4-6-8-15/h11,15H,4-10,12-13H2,1-3H3. The largest absolute Gasteiger partial charge is 0.308 e. The molecule has 1 aromatic rings. The van der Waals surface area contributed by atoms with E-state index < -0.39 is 0 Å². The predicted molar refractivity (Wildman–Crippen MR) is 87.3 cm³/mol. The Kier molecular flexibility index (Phi) is 6.46. The van der Waals surface area contributed by atoms with Crippen LogP contribution in [0.2, 0.25) is 0 Å². The molecule has 0 atom stereocenters. The fraction of sp³-hybridized carbons (Fsp3) is 0.812. The van der Waals surface area contributed by atoms with Crippen molar-refractivity contribution in [3.63, 3.8) is 0 Å². The van der Waals surface area contributed by atoms with Crippen molar-refractivity contribution in [1.82, 2.24) is 14.8 Å². The molecule has 0 radical (unpaired) electrons. The first-order valence-corrected chi connectivity index (χ1v) is 8.73. The highest BCUT2D eigenvalue weighted by Gasteiger charge is 2.18. The van der Waals surface area contributed by atoms with Gasteiger partial charge < -0.3 is 4.90 Å². The Labute approximate surface area is 128 Å². The highest BCUT2D eigenvalue weighted by molar-refractivity contribution is 7.11. The molecule has 0 aromatic carbocycles. The summed E-state index contributed by atoms with van der Waals surface area (Å²) in [6, 6.07) is 0. The second-order valence-electron chi connectivity index (χ2n) is 6.39. The Bertz CT molecular complexity index is 383. The van der Waals surface area contributed by atoms with Crippen LogP contribution in [0.15, 0.2) is 6.20 Å². The molecule has 0 saturated heterocycles. The SMILES string of the molecule is Cc1ncc(CN(CCN(C)C)CC2CCCCC2)s1. The van der Waals surface area contributed by atoms with Crippen molar-refractivity contribution in [2.75, 3.05) is 33.7 Å². The van der Waals surface area contributed by atoms with Crippen molar-refractivity contribution in [3.05, 3.63) is 16.1 Å². The summed E-state index contributed by atoms with van der Waals surface area (Å²) < 4.78 is 0. The van der Waals surface area contributed by atoms with Crippen molar-refractivity contribution in [3.8, 4) is 0 Å². The van der Waals surface area contributed by atoms with Crippen molar-refractivity contribution in [2.24, 2.45) is 5.92 Å².